The summed E-state index contributed by atoms with van der Waals surface area (Å²) in [5.41, 5.74) is 0. The average molecular weight is 1420 g/mol. The third kappa shape index (κ3) is 82.8. The molecule has 0 amide bonds. The fourth-order valence-electron chi connectivity index (χ4n) is 9.89. The van der Waals surface area contributed by atoms with Crippen molar-refractivity contribution in [3.63, 3.8) is 0 Å². The van der Waals surface area contributed by atoms with Gasteiger partial charge in [0.25, 0.3) is 7.82 Å². The van der Waals surface area contributed by atoms with E-state index in [-0.39, 0.29) is 26.1 Å². The SMILES string of the molecule is CC/C=C\C/C=C\C/C=C\C/C=C\C/C=C\C/C=C\C/C=C\C/C=C\C/C=C\C/C=C\C/C=C\C/C=C\CCCCC(=O)OC(COC(=O)CCCCCCCCCCCCCCCC/C=C\C/C=C\C/C=C\C/C=C\C/C=C\C/C=C\C/C=C\C/C=C\CC)COP(=O)([O-])OCC[N+](C)(C)C. The molecule has 0 spiro atoms. The van der Waals surface area contributed by atoms with Crippen molar-refractivity contribution in [2.45, 2.75) is 277 Å². The maximum Gasteiger partial charge on any atom is 0.306 e. The van der Waals surface area contributed by atoms with Crippen LogP contribution in [0.4, 0.5) is 0 Å². The summed E-state index contributed by atoms with van der Waals surface area (Å²) < 4.78 is 34.3. The molecular formula is C92H144NO8P. The van der Waals surface area contributed by atoms with Crippen LogP contribution in [0.25, 0.3) is 0 Å². The van der Waals surface area contributed by atoms with Gasteiger partial charge in [-0.2, -0.15) is 0 Å². The monoisotopic (exact) mass is 1420 g/mol. The lowest BCUT2D eigenvalue weighted by molar-refractivity contribution is -0.870. The van der Waals surface area contributed by atoms with E-state index in [1.165, 1.54) is 70.6 Å². The number of nitrogens with zero attached hydrogens (tertiary/aromatic N) is 1. The Balaban J connectivity index is 4.16. The van der Waals surface area contributed by atoms with Crippen LogP contribution in [-0.4, -0.2) is 70.0 Å². The Labute approximate surface area is 625 Å². The fourth-order valence-corrected chi connectivity index (χ4v) is 10.6. The molecule has 0 radical (unpaired) electrons. The smallest absolute Gasteiger partial charge is 0.306 e. The number of ether oxygens (including phenoxy) is 2. The summed E-state index contributed by atoms with van der Waals surface area (Å²) in [6.07, 6.45) is 128. The van der Waals surface area contributed by atoms with E-state index in [0.717, 1.165) is 161 Å². The largest absolute Gasteiger partial charge is 0.756 e. The maximum atomic E-state index is 12.9. The van der Waals surface area contributed by atoms with Gasteiger partial charge in [0, 0.05) is 12.8 Å². The third-order valence-electron chi connectivity index (χ3n) is 15.9. The standard InChI is InChI=1S/C92H144NO8P/c1-6-8-10-12-14-16-18-20-22-24-26-28-30-32-34-36-38-40-42-44-46-48-50-52-54-56-58-60-62-64-66-68-70-72-74-76-78-80-82-84-91(94)98-88-90(89-100-102(96,97)99-87-86-93(3,4)5)101-92(95)85-83-81-79-77-75-73-71-69-67-65-63-61-59-57-55-53-51-49-47-45-43-41-39-37-35-33-31-29-27-25-23-21-19-17-15-13-11-9-7-2/h8-11,14-17,20-23,26-29,32-35,38-41,44-47,50-53,57,59,63,65,69,71,75,77,90H,6-7,12-13,18-19,24-25,30-31,36-37,42-43,48-49,54-56,58,60-62,64,66-68,70,72-74,76,78-89H2,1-5H3/b10-8-,11-9-,16-14-,17-15-,22-20-,23-21-,28-26-,29-27-,34-32-,35-33-,40-38-,41-39-,46-44-,47-45-,52-50-,53-51-,59-57-,65-63-,71-69-,77-75-. The molecule has 0 aliphatic rings. The van der Waals surface area contributed by atoms with Crippen molar-refractivity contribution >= 4 is 19.8 Å². The highest BCUT2D eigenvalue weighted by molar-refractivity contribution is 7.45. The molecule has 0 aromatic carbocycles. The maximum absolute atomic E-state index is 12.9. The van der Waals surface area contributed by atoms with E-state index in [2.05, 4.69) is 257 Å². The molecule has 2 unspecified atom stereocenters. The molecule has 0 fully saturated rings. The number of esters is 2. The van der Waals surface area contributed by atoms with Crippen molar-refractivity contribution in [3.05, 3.63) is 243 Å². The van der Waals surface area contributed by atoms with Gasteiger partial charge < -0.3 is 27.9 Å². The van der Waals surface area contributed by atoms with E-state index < -0.39 is 32.5 Å². The van der Waals surface area contributed by atoms with E-state index in [9.17, 15) is 19.0 Å². The van der Waals surface area contributed by atoms with Gasteiger partial charge in [-0.3, -0.25) is 14.2 Å². The van der Waals surface area contributed by atoms with E-state index >= 15 is 0 Å². The lowest BCUT2D eigenvalue weighted by atomic mass is 10.0. The fraction of sp³-hybridized carbons (Fsp3) is 0.543. The lowest BCUT2D eigenvalue weighted by Gasteiger charge is -2.28. The molecule has 9 nitrogen and oxygen atoms in total. The Kier molecular flexibility index (Phi) is 74.1. The van der Waals surface area contributed by atoms with Gasteiger partial charge in [-0.05, 0) is 167 Å². The molecule has 0 saturated heterocycles. The number of phosphoric acid groups is 1. The van der Waals surface area contributed by atoms with Crippen molar-refractivity contribution in [3.8, 4) is 0 Å². The van der Waals surface area contributed by atoms with Crippen LogP contribution in [0.2, 0.25) is 0 Å². The Morgan fingerprint density at radius 3 is 0.804 bits per heavy atom. The first-order chi connectivity index (χ1) is 50.0. The van der Waals surface area contributed by atoms with Crippen LogP contribution >= 0.6 is 7.82 Å². The van der Waals surface area contributed by atoms with Gasteiger partial charge in [0.2, 0.25) is 0 Å². The molecule has 570 valence electrons. The second kappa shape index (κ2) is 78.9. The first kappa shape index (κ1) is 95.8. The molecule has 10 heteroatoms. The van der Waals surface area contributed by atoms with Crippen LogP contribution in [0, 0.1) is 0 Å². The quantitative estimate of drug-likeness (QED) is 0.0195. The second-order valence-corrected chi connectivity index (χ2v) is 28.0. The summed E-state index contributed by atoms with van der Waals surface area (Å²) in [6, 6.07) is 0. The molecular weight excluding hydrogens is 1280 g/mol. The van der Waals surface area contributed by atoms with Gasteiger partial charge >= 0.3 is 11.9 Å². The van der Waals surface area contributed by atoms with Gasteiger partial charge in [-0.25, -0.2) is 0 Å². The minimum absolute atomic E-state index is 0.0518. The number of carbonyl (C=O) groups excluding carboxylic acids is 2. The number of hydrogen-bond donors (Lipinski definition) is 0. The molecule has 2 atom stereocenters. The Hall–Kier alpha value is -6.19. The number of hydrogen-bond acceptors (Lipinski definition) is 8. The van der Waals surface area contributed by atoms with Crippen LogP contribution in [-0.2, 0) is 32.7 Å². The molecule has 0 aromatic heterocycles. The van der Waals surface area contributed by atoms with Gasteiger partial charge in [0.15, 0.2) is 6.10 Å². The molecule has 0 aliphatic carbocycles. The molecule has 0 bridgehead atoms. The van der Waals surface area contributed by atoms with Gasteiger partial charge in [-0.1, -0.05) is 334 Å². The molecule has 0 rings (SSSR count). The molecule has 0 aromatic rings. The zero-order valence-electron chi connectivity index (χ0n) is 64.9. The van der Waals surface area contributed by atoms with Gasteiger partial charge in [0.1, 0.15) is 19.8 Å². The second-order valence-electron chi connectivity index (χ2n) is 26.6. The summed E-state index contributed by atoms with van der Waals surface area (Å²) in [7, 11) is 1.11. The normalized spacial score (nSPS) is 14.4. The van der Waals surface area contributed by atoms with E-state index in [1.54, 1.807) is 0 Å². The van der Waals surface area contributed by atoms with Crippen LogP contribution in [0.5, 0.6) is 0 Å². The highest BCUT2D eigenvalue weighted by Gasteiger charge is 2.22. The predicted octanol–water partition coefficient (Wildman–Crippen LogP) is 26.4. The predicted molar refractivity (Wildman–Crippen MR) is 442 cm³/mol. The van der Waals surface area contributed by atoms with Crippen molar-refractivity contribution in [2.24, 2.45) is 0 Å². The highest BCUT2D eigenvalue weighted by Crippen LogP contribution is 2.38. The third-order valence-corrected chi connectivity index (χ3v) is 16.8. The number of likely N-dealkylation sites (N-methyl/N-ethyl adjacent to an activating group) is 1. The summed E-state index contributed by atoms with van der Waals surface area (Å²) in [5.74, 6) is -0.900. The van der Waals surface area contributed by atoms with Gasteiger partial charge in [-0.15, -0.1) is 0 Å². The summed E-state index contributed by atoms with van der Waals surface area (Å²) in [5, 5.41) is 0. The highest BCUT2D eigenvalue weighted by atomic mass is 31.2. The number of allylic oxidation sites excluding steroid dienone is 40. The molecule has 102 heavy (non-hydrogen) atoms. The summed E-state index contributed by atoms with van der Waals surface area (Å²) in [4.78, 5) is 38.2. The molecule has 0 aliphatic heterocycles. The number of quaternary nitrogens is 1. The summed E-state index contributed by atoms with van der Waals surface area (Å²) >= 11 is 0. The molecule has 0 saturated carbocycles. The number of phosphoric ester groups is 1. The van der Waals surface area contributed by atoms with Gasteiger partial charge in [0.05, 0.1) is 27.7 Å². The van der Waals surface area contributed by atoms with Crippen LogP contribution in [0.3, 0.4) is 0 Å². The first-order valence-corrected chi connectivity index (χ1v) is 41.2. The van der Waals surface area contributed by atoms with E-state index in [0.29, 0.717) is 23.9 Å². The van der Waals surface area contributed by atoms with Crippen LogP contribution in [0.15, 0.2) is 243 Å². The average Bonchev–Trinajstić information content (AvgIpc) is 0.914. The first-order valence-electron chi connectivity index (χ1n) is 39.7. The van der Waals surface area contributed by atoms with Crippen molar-refractivity contribution < 1.29 is 42.1 Å². The van der Waals surface area contributed by atoms with E-state index in [4.69, 9.17) is 18.5 Å². The van der Waals surface area contributed by atoms with Crippen LogP contribution < -0.4 is 4.89 Å². The number of unbranched alkanes of at least 4 members (excludes halogenated alkanes) is 16. The molecule has 0 N–H and O–H groups in total. The topological polar surface area (TPSA) is 111 Å². The molecule has 0 heterocycles. The lowest BCUT2D eigenvalue weighted by Crippen LogP contribution is -2.37. The Morgan fingerprint density at radius 2 is 0.529 bits per heavy atom. The Morgan fingerprint density at radius 1 is 0.304 bits per heavy atom. The van der Waals surface area contributed by atoms with Crippen LogP contribution in [0.1, 0.15) is 271 Å². The zero-order valence-corrected chi connectivity index (χ0v) is 65.8. The van der Waals surface area contributed by atoms with Crippen molar-refractivity contribution in [1.82, 2.24) is 0 Å². The van der Waals surface area contributed by atoms with Crippen molar-refractivity contribution in [1.29, 1.82) is 0 Å². The van der Waals surface area contributed by atoms with Crippen molar-refractivity contribution in [2.75, 3.05) is 47.5 Å². The number of carbonyl (C=O) groups is 2. The number of rotatable bonds is 70. The zero-order chi connectivity index (χ0) is 74.0. The minimum atomic E-state index is -4.68. The Bertz CT molecular complexity index is 2630. The minimum Gasteiger partial charge on any atom is -0.756 e. The summed E-state index contributed by atoms with van der Waals surface area (Å²) in [6.45, 7) is 3.94. The van der Waals surface area contributed by atoms with E-state index in [1.807, 2.05) is 21.1 Å².